The van der Waals surface area contributed by atoms with E-state index in [9.17, 15) is 18.3 Å². The summed E-state index contributed by atoms with van der Waals surface area (Å²) in [6, 6.07) is -0.245. The molecular weight excluding hydrogens is 256 g/mol. The van der Waals surface area contributed by atoms with Crippen molar-refractivity contribution in [3.8, 4) is 0 Å². The minimum absolute atomic E-state index is 0.0520. The van der Waals surface area contributed by atoms with E-state index >= 15 is 0 Å². The number of nitrogens with one attached hydrogen (secondary N) is 1. The molecule has 2 saturated heterocycles. The Hall–Kier alpha value is -0.660. The van der Waals surface area contributed by atoms with Gasteiger partial charge in [-0.3, -0.25) is 9.69 Å². The van der Waals surface area contributed by atoms with Crippen molar-refractivity contribution in [2.24, 2.45) is 0 Å². The van der Waals surface area contributed by atoms with Crippen molar-refractivity contribution in [2.75, 3.05) is 31.1 Å². The number of likely N-dealkylation sites (tertiary alicyclic amines) is 1. The Morgan fingerprint density at radius 1 is 1.56 bits per heavy atom. The standard InChI is InChI=1S/C11H20N2O4S/c1-11(15)3-4-13(8-11)6-10(14)12-9-2-5-18(16,17)7-9/h9,15H,2-8H2,1H3,(H,12,14). The van der Waals surface area contributed by atoms with E-state index in [-0.39, 0.29) is 30.0 Å². The van der Waals surface area contributed by atoms with Crippen LogP contribution in [0.25, 0.3) is 0 Å². The van der Waals surface area contributed by atoms with Crippen molar-refractivity contribution in [1.29, 1.82) is 0 Å². The predicted octanol–water partition coefficient (Wildman–Crippen LogP) is -1.25. The summed E-state index contributed by atoms with van der Waals surface area (Å²) in [4.78, 5) is 13.6. The van der Waals surface area contributed by atoms with E-state index in [2.05, 4.69) is 5.32 Å². The van der Waals surface area contributed by atoms with Gasteiger partial charge in [0.05, 0.1) is 23.7 Å². The monoisotopic (exact) mass is 276 g/mol. The minimum atomic E-state index is -2.96. The number of aliphatic hydroxyl groups is 1. The maximum Gasteiger partial charge on any atom is 0.234 e. The Labute approximate surface area is 107 Å². The Balaban J connectivity index is 1.77. The first-order valence-electron chi connectivity index (χ1n) is 6.20. The number of amides is 1. The van der Waals surface area contributed by atoms with Crippen LogP contribution in [0.1, 0.15) is 19.8 Å². The van der Waals surface area contributed by atoms with Crippen LogP contribution in [0.3, 0.4) is 0 Å². The smallest absolute Gasteiger partial charge is 0.234 e. The first-order chi connectivity index (χ1) is 8.26. The van der Waals surface area contributed by atoms with Gasteiger partial charge in [-0.2, -0.15) is 0 Å². The third kappa shape index (κ3) is 3.66. The topological polar surface area (TPSA) is 86.7 Å². The number of hydrogen-bond acceptors (Lipinski definition) is 5. The van der Waals surface area contributed by atoms with Crippen molar-refractivity contribution in [3.63, 3.8) is 0 Å². The minimum Gasteiger partial charge on any atom is -0.389 e. The van der Waals surface area contributed by atoms with Crippen LogP contribution in [0.15, 0.2) is 0 Å². The Morgan fingerprint density at radius 2 is 2.28 bits per heavy atom. The molecule has 18 heavy (non-hydrogen) atoms. The van der Waals surface area contributed by atoms with Crippen molar-refractivity contribution in [2.45, 2.75) is 31.4 Å². The van der Waals surface area contributed by atoms with Gasteiger partial charge in [0.2, 0.25) is 5.91 Å². The number of sulfone groups is 1. The number of carbonyl (C=O) groups excluding carboxylic acids is 1. The molecule has 0 saturated carbocycles. The molecule has 2 unspecified atom stereocenters. The summed E-state index contributed by atoms with van der Waals surface area (Å²) < 4.78 is 22.5. The van der Waals surface area contributed by atoms with E-state index in [1.807, 2.05) is 4.90 Å². The lowest BCUT2D eigenvalue weighted by atomic mass is 10.1. The summed E-state index contributed by atoms with van der Waals surface area (Å²) in [6.07, 6.45) is 1.17. The van der Waals surface area contributed by atoms with Crippen LogP contribution < -0.4 is 5.32 Å². The van der Waals surface area contributed by atoms with Crippen LogP contribution in [-0.4, -0.2) is 67.1 Å². The van der Waals surface area contributed by atoms with Crippen molar-refractivity contribution >= 4 is 15.7 Å². The number of β-amino-alcohol motifs (C(OH)–C–C–N with tert-alkyl or cyclic N) is 1. The fourth-order valence-corrected chi connectivity index (χ4v) is 4.23. The van der Waals surface area contributed by atoms with Gasteiger partial charge in [-0.15, -0.1) is 0 Å². The normalized spacial score (nSPS) is 35.8. The van der Waals surface area contributed by atoms with E-state index < -0.39 is 15.4 Å². The first kappa shape index (κ1) is 13.8. The van der Waals surface area contributed by atoms with Crippen LogP contribution in [0.4, 0.5) is 0 Å². The average Bonchev–Trinajstić information content (AvgIpc) is 2.69. The molecule has 6 nitrogen and oxygen atoms in total. The highest BCUT2D eigenvalue weighted by Gasteiger charge is 2.33. The first-order valence-corrected chi connectivity index (χ1v) is 8.02. The summed E-state index contributed by atoms with van der Waals surface area (Å²) >= 11 is 0. The lowest BCUT2D eigenvalue weighted by Gasteiger charge is -2.19. The van der Waals surface area contributed by atoms with Gasteiger partial charge >= 0.3 is 0 Å². The zero-order valence-electron chi connectivity index (χ0n) is 10.6. The largest absolute Gasteiger partial charge is 0.389 e. The van der Waals surface area contributed by atoms with E-state index in [4.69, 9.17) is 0 Å². The van der Waals surface area contributed by atoms with Gasteiger partial charge in [-0.05, 0) is 19.8 Å². The molecule has 2 rings (SSSR count). The van der Waals surface area contributed by atoms with Crippen LogP contribution >= 0.6 is 0 Å². The Morgan fingerprint density at radius 3 is 2.78 bits per heavy atom. The van der Waals surface area contributed by atoms with Gasteiger partial charge in [-0.25, -0.2) is 8.42 Å². The summed E-state index contributed by atoms with van der Waals surface area (Å²) in [7, 11) is -2.96. The second-order valence-corrected chi connectivity index (χ2v) is 7.85. The summed E-state index contributed by atoms with van der Waals surface area (Å²) in [5.74, 6) is 0.0575. The SMILES string of the molecule is CC1(O)CCN(CC(=O)NC2CCS(=O)(=O)C2)C1. The maximum atomic E-state index is 11.7. The molecule has 0 aromatic carbocycles. The molecule has 2 N–H and O–H groups in total. The molecule has 7 heteroatoms. The molecular formula is C11H20N2O4S. The fourth-order valence-electron chi connectivity index (χ4n) is 2.56. The lowest BCUT2D eigenvalue weighted by molar-refractivity contribution is -0.122. The van der Waals surface area contributed by atoms with Crippen LogP contribution in [-0.2, 0) is 14.6 Å². The fraction of sp³-hybridized carbons (Fsp3) is 0.909. The van der Waals surface area contributed by atoms with Gasteiger partial charge in [0.25, 0.3) is 0 Å². The maximum absolute atomic E-state index is 11.7. The van der Waals surface area contributed by atoms with Gasteiger partial charge in [0.15, 0.2) is 9.84 Å². The Kier molecular flexibility index (Phi) is 3.66. The van der Waals surface area contributed by atoms with E-state index in [0.717, 1.165) is 0 Å². The number of rotatable bonds is 3. The number of nitrogens with zero attached hydrogens (tertiary/aromatic N) is 1. The third-order valence-electron chi connectivity index (χ3n) is 3.50. The molecule has 0 aromatic rings. The molecule has 0 radical (unpaired) electrons. The zero-order valence-corrected chi connectivity index (χ0v) is 11.4. The van der Waals surface area contributed by atoms with Crippen LogP contribution in [0.5, 0.6) is 0 Å². The van der Waals surface area contributed by atoms with Crippen LogP contribution in [0, 0.1) is 0 Å². The van der Waals surface area contributed by atoms with Gasteiger partial charge < -0.3 is 10.4 Å². The van der Waals surface area contributed by atoms with Gasteiger partial charge in [-0.1, -0.05) is 0 Å². The molecule has 1 amide bonds. The van der Waals surface area contributed by atoms with Gasteiger partial charge in [0, 0.05) is 19.1 Å². The second kappa shape index (κ2) is 4.79. The average molecular weight is 276 g/mol. The summed E-state index contributed by atoms with van der Waals surface area (Å²) in [5.41, 5.74) is -0.711. The predicted molar refractivity (Wildman–Crippen MR) is 66.9 cm³/mol. The highest BCUT2D eigenvalue weighted by molar-refractivity contribution is 7.91. The molecule has 104 valence electrons. The summed E-state index contributed by atoms with van der Waals surface area (Å²) in [6.45, 7) is 3.17. The number of hydrogen-bond donors (Lipinski definition) is 2. The van der Waals surface area contributed by atoms with Crippen LogP contribution in [0.2, 0.25) is 0 Å². The molecule has 0 aromatic heterocycles. The van der Waals surface area contributed by atoms with Crippen molar-refractivity contribution < 1.29 is 18.3 Å². The molecule has 2 fully saturated rings. The zero-order chi connectivity index (χ0) is 13.4. The van der Waals surface area contributed by atoms with E-state index in [1.54, 1.807) is 6.92 Å². The molecule has 2 atom stereocenters. The van der Waals surface area contributed by atoms with E-state index in [1.165, 1.54) is 0 Å². The molecule has 0 bridgehead atoms. The third-order valence-corrected chi connectivity index (χ3v) is 5.26. The highest BCUT2D eigenvalue weighted by atomic mass is 32.2. The van der Waals surface area contributed by atoms with Gasteiger partial charge in [0.1, 0.15) is 0 Å². The Bertz CT molecular complexity index is 432. The second-order valence-electron chi connectivity index (χ2n) is 5.63. The molecule has 2 aliphatic rings. The molecule has 2 aliphatic heterocycles. The number of carbonyl (C=O) groups is 1. The molecule has 2 heterocycles. The lowest BCUT2D eigenvalue weighted by Crippen LogP contribution is -2.42. The molecule has 0 spiro atoms. The molecule has 0 aliphatic carbocycles. The highest BCUT2D eigenvalue weighted by Crippen LogP contribution is 2.19. The van der Waals surface area contributed by atoms with Crippen molar-refractivity contribution in [3.05, 3.63) is 0 Å². The quantitative estimate of drug-likeness (QED) is 0.672. The van der Waals surface area contributed by atoms with E-state index in [0.29, 0.717) is 25.9 Å². The summed E-state index contributed by atoms with van der Waals surface area (Å²) in [5, 5.41) is 12.5. The van der Waals surface area contributed by atoms with Crippen molar-refractivity contribution in [1.82, 2.24) is 10.2 Å².